The van der Waals surface area contributed by atoms with E-state index >= 15 is 0 Å². The standard InChI is InChI=1S/C26H25F3N6O2/c27-26(28,29)15-34-14-17(12-31-34)19-3-1-4-20(32-19)23(36)33-21-11-18(13-30-22(21)16-5-6-16)35-10-9-25(24(35)37)7-2-8-25/h1,3-4,11-14,16H,2,5-10,15H2,(H,33,36). The minimum absolute atomic E-state index is 0.110. The second kappa shape index (κ2) is 8.67. The molecule has 11 heteroatoms. The summed E-state index contributed by atoms with van der Waals surface area (Å²) in [4.78, 5) is 37.0. The number of halogens is 3. The summed E-state index contributed by atoms with van der Waals surface area (Å²) < 4.78 is 38.8. The molecule has 2 saturated carbocycles. The van der Waals surface area contributed by atoms with Crippen LogP contribution in [0.15, 0.2) is 42.9 Å². The van der Waals surface area contributed by atoms with Crippen molar-refractivity contribution in [3.05, 3.63) is 54.2 Å². The van der Waals surface area contributed by atoms with Gasteiger partial charge >= 0.3 is 6.18 Å². The summed E-state index contributed by atoms with van der Waals surface area (Å²) in [7, 11) is 0. The van der Waals surface area contributed by atoms with Gasteiger partial charge in [-0.1, -0.05) is 12.5 Å². The summed E-state index contributed by atoms with van der Waals surface area (Å²) in [5, 5.41) is 6.67. The Bertz CT molecular complexity index is 1380. The number of aromatic nitrogens is 4. The van der Waals surface area contributed by atoms with Crippen molar-refractivity contribution in [2.45, 2.75) is 57.2 Å². The molecule has 3 aromatic heterocycles. The van der Waals surface area contributed by atoms with Gasteiger partial charge in [-0.2, -0.15) is 18.3 Å². The fourth-order valence-electron chi connectivity index (χ4n) is 5.20. The lowest BCUT2D eigenvalue weighted by molar-refractivity contribution is -0.142. The monoisotopic (exact) mass is 510 g/mol. The van der Waals surface area contributed by atoms with Gasteiger partial charge in [0.25, 0.3) is 5.91 Å². The van der Waals surface area contributed by atoms with Crippen molar-refractivity contribution in [3.8, 4) is 11.3 Å². The van der Waals surface area contributed by atoms with Gasteiger partial charge in [-0.3, -0.25) is 19.3 Å². The zero-order valence-corrected chi connectivity index (χ0v) is 20.0. The lowest BCUT2D eigenvalue weighted by Gasteiger charge is -2.36. The van der Waals surface area contributed by atoms with Gasteiger partial charge in [-0.25, -0.2) is 4.98 Å². The maximum absolute atomic E-state index is 13.2. The highest BCUT2D eigenvalue weighted by Crippen LogP contribution is 2.50. The molecule has 3 fully saturated rings. The van der Waals surface area contributed by atoms with E-state index in [0.717, 1.165) is 48.9 Å². The highest BCUT2D eigenvalue weighted by Gasteiger charge is 2.51. The lowest BCUT2D eigenvalue weighted by atomic mass is 9.68. The third kappa shape index (κ3) is 4.58. The molecular weight excluding hydrogens is 485 g/mol. The van der Waals surface area contributed by atoms with Gasteiger partial charge in [-0.05, 0) is 50.3 Å². The molecule has 0 aromatic carbocycles. The minimum atomic E-state index is -4.39. The summed E-state index contributed by atoms with van der Waals surface area (Å²) in [5.74, 6) is -0.0681. The van der Waals surface area contributed by atoms with E-state index in [-0.39, 0.29) is 22.9 Å². The van der Waals surface area contributed by atoms with Gasteiger partial charge in [0.05, 0.1) is 40.6 Å². The van der Waals surface area contributed by atoms with E-state index in [1.807, 2.05) is 6.07 Å². The number of nitrogens with zero attached hydrogens (tertiary/aromatic N) is 5. The predicted molar refractivity (Wildman–Crippen MR) is 129 cm³/mol. The second-order valence-corrected chi connectivity index (χ2v) is 10.1. The van der Waals surface area contributed by atoms with Crippen LogP contribution in [-0.2, 0) is 11.3 Å². The molecule has 1 aliphatic heterocycles. The first-order chi connectivity index (χ1) is 17.7. The summed E-state index contributed by atoms with van der Waals surface area (Å²) in [6.45, 7) is -0.566. The maximum Gasteiger partial charge on any atom is 0.408 e. The Hall–Kier alpha value is -3.76. The number of amides is 2. The van der Waals surface area contributed by atoms with Crippen LogP contribution < -0.4 is 10.2 Å². The van der Waals surface area contributed by atoms with Crippen LogP contribution in [0.25, 0.3) is 11.3 Å². The van der Waals surface area contributed by atoms with E-state index in [0.29, 0.717) is 29.2 Å². The van der Waals surface area contributed by atoms with E-state index < -0.39 is 18.6 Å². The van der Waals surface area contributed by atoms with Crippen LogP contribution in [-0.4, -0.2) is 44.3 Å². The van der Waals surface area contributed by atoms with Crippen LogP contribution in [0, 0.1) is 5.41 Å². The fraction of sp³-hybridized carbons (Fsp3) is 0.423. The molecule has 37 heavy (non-hydrogen) atoms. The number of carbonyl (C=O) groups is 2. The van der Waals surface area contributed by atoms with Gasteiger partial charge < -0.3 is 10.2 Å². The molecule has 1 N–H and O–H groups in total. The summed E-state index contributed by atoms with van der Waals surface area (Å²) >= 11 is 0. The van der Waals surface area contributed by atoms with Gasteiger partial charge in [-0.15, -0.1) is 0 Å². The number of nitrogens with one attached hydrogen (secondary N) is 1. The molecular formula is C26H25F3N6O2. The number of carbonyl (C=O) groups excluding carboxylic acids is 2. The summed E-state index contributed by atoms with van der Waals surface area (Å²) in [6.07, 6.45) is 5.60. The molecule has 4 heterocycles. The van der Waals surface area contributed by atoms with E-state index in [2.05, 4.69) is 20.4 Å². The van der Waals surface area contributed by atoms with E-state index in [9.17, 15) is 22.8 Å². The van der Waals surface area contributed by atoms with Crippen molar-refractivity contribution < 1.29 is 22.8 Å². The number of anilines is 2. The van der Waals surface area contributed by atoms with Crippen molar-refractivity contribution in [2.75, 3.05) is 16.8 Å². The van der Waals surface area contributed by atoms with Crippen LogP contribution in [0.1, 0.15) is 60.6 Å². The van der Waals surface area contributed by atoms with E-state index in [1.54, 1.807) is 23.2 Å². The molecule has 2 amide bonds. The Morgan fingerprint density at radius 2 is 1.97 bits per heavy atom. The summed E-state index contributed by atoms with van der Waals surface area (Å²) in [6, 6.07) is 6.59. The van der Waals surface area contributed by atoms with Crippen LogP contribution in [0.4, 0.5) is 24.5 Å². The lowest BCUT2D eigenvalue weighted by Crippen LogP contribution is -2.39. The topological polar surface area (TPSA) is 93.0 Å². The highest BCUT2D eigenvalue weighted by molar-refractivity contribution is 6.05. The molecule has 192 valence electrons. The van der Waals surface area contributed by atoms with E-state index in [4.69, 9.17) is 0 Å². The van der Waals surface area contributed by atoms with Crippen molar-refractivity contribution in [1.29, 1.82) is 0 Å². The Balaban J connectivity index is 1.23. The molecule has 1 spiro atoms. The van der Waals surface area contributed by atoms with Gasteiger partial charge in [0.15, 0.2) is 0 Å². The molecule has 3 aliphatic rings. The molecule has 2 aliphatic carbocycles. The first-order valence-corrected chi connectivity index (χ1v) is 12.4. The van der Waals surface area contributed by atoms with Crippen molar-refractivity contribution in [3.63, 3.8) is 0 Å². The maximum atomic E-state index is 13.2. The average molecular weight is 511 g/mol. The third-order valence-corrected chi connectivity index (χ3v) is 7.50. The fourth-order valence-corrected chi connectivity index (χ4v) is 5.20. The second-order valence-electron chi connectivity index (χ2n) is 10.1. The summed E-state index contributed by atoms with van der Waals surface area (Å²) in [5.41, 5.74) is 2.61. The number of pyridine rings is 2. The van der Waals surface area contributed by atoms with Gasteiger partial charge in [0.2, 0.25) is 5.91 Å². The van der Waals surface area contributed by atoms with Gasteiger partial charge in [0.1, 0.15) is 12.2 Å². The smallest absolute Gasteiger partial charge is 0.319 e. The first kappa shape index (κ1) is 23.6. The SMILES string of the molecule is O=C(Nc1cc(N2CCC3(CCC3)C2=O)cnc1C1CC1)c1cccc(-c2cnn(CC(F)(F)F)c2)n1. The molecule has 0 atom stereocenters. The Morgan fingerprint density at radius 3 is 2.65 bits per heavy atom. The van der Waals surface area contributed by atoms with Crippen LogP contribution in [0.5, 0.6) is 0 Å². The predicted octanol–water partition coefficient (Wildman–Crippen LogP) is 4.94. The number of hydrogen-bond acceptors (Lipinski definition) is 5. The van der Waals surface area contributed by atoms with E-state index in [1.165, 1.54) is 18.5 Å². The van der Waals surface area contributed by atoms with Crippen LogP contribution in [0.2, 0.25) is 0 Å². The van der Waals surface area contributed by atoms with Crippen LogP contribution in [0.3, 0.4) is 0 Å². The molecule has 8 nitrogen and oxygen atoms in total. The largest absolute Gasteiger partial charge is 0.408 e. The Kier molecular flexibility index (Phi) is 5.54. The highest BCUT2D eigenvalue weighted by atomic mass is 19.4. The number of alkyl halides is 3. The average Bonchev–Trinajstić information content (AvgIpc) is 3.47. The third-order valence-electron chi connectivity index (χ3n) is 7.50. The Labute approximate surface area is 210 Å². The quantitative estimate of drug-likeness (QED) is 0.507. The molecule has 0 radical (unpaired) electrons. The number of hydrogen-bond donors (Lipinski definition) is 1. The minimum Gasteiger partial charge on any atom is -0.319 e. The van der Waals surface area contributed by atoms with Gasteiger partial charge in [0, 0.05) is 24.2 Å². The van der Waals surface area contributed by atoms with Crippen molar-refractivity contribution in [1.82, 2.24) is 19.7 Å². The van der Waals surface area contributed by atoms with Crippen molar-refractivity contribution in [2.24, 2.45) is 5.41 Å². The molecule has 0 bridgehead atoms. The number of rotatable bonds is 6. The van der Waals surface area contributed by atoms with Crippen molar-refractivity contribution >= 4 is 23.2 Å². The molecule has 0 unspecified atom stereocenters. The zero-order valence-electron chi connectivity index (χ0n) is 20.0. The normalized spacial score (nSPS) is 18.8. The Morgan fingerprint density at radius 1 is 1.16 bits per heavy atom. The van der Waals surface area contributed by atoms with Crippen LogP contribution >= 0.6 is 0 Å². The molecule has 6 rings (SSSR count). The molecule has 3 aromatic rings. The first-order valence-electron chi connectivity index (χ1n) is 12.4. The molecule has 1 saturated heterocycles. The zero-order chi connectivity index (χ0) is 25.8.